The molecule has 2 bridgehead atoms. The predicted octanol–water partition coefficient (Wildman–Crippen LogP) is 9.00. The molecule has 4 aromatic carbocycles. The van der Waals surface area contributed by atoms with Gasteiger partial charge in [-0.25, -0.2) is 0 Å². The number of benzene rings is 4. The van der Waals surface area contributed by atoms with E-state index in [0.717, 1.165) is 6.42 Å². The summed E-state index contributed by atoms with van der Waals surface area (Å²) < 4.78 is 0. The van der Waals surface area contributed by atoms with Crippen molar-refractivity contribution in [1.82, 2.24) is 0 Å². The van der Waals surface area contributed by atoms with Crippen LogP contribution < -0.4 is 5.19 Å². The van der Waals surface area contributed by atoms with E-state index in [0.29, 0.717) is 11.8 Å². The van der Waals surface area contributed by atoms with E-state index in [2.05, 4.69) is 125 Å². The summed E-state index contributed by atoms with van der Waals surface area (Å²) in [4.78, 5) is 0. The average Bonchev–Trinajstić information content (AvgIpc) is 3.51. The molecule has 182 valence electrons. The maximum atomic E-state index is 2.63. The van der Waals surface area contributed by atoms with Gasteiger partial charge >= 0.3 is 0 Å². The van der Waals surface area contributed by atoms with E-state index in [4.69, 9.17) is 0 Å². The van der Waals surface area contributed by atoms with Crippen LogP contribution in [0.1, 0.15) is 54.5 Å². The SMILES string of the molecule is CC1=C2c3c(cc(C4C(C(C)C)=Cc5c(-c6ccccc6)cccc54)c(c3-c3ccccc3)[Si]2(C)C)C1. The maximum Gasteiger partial charge on any atom is 0.114 e. The van der Waals surface area contributed by atoms with E-state index in [-0.39, 0.29) is 0 Å². The van der Waals surface area contributed by atoms with Gasteiger partial charge in [0.05, 0.1) is 0 Å². The molecule has 0 fully saturated rings. The van der Waals surface area contributed by atoms with Crippen molar-refractivity contribution in [2.45, 2.75) is 46.2 Å². The lowest BCUT2D eigenvalue weighted by Crippen LogP contribution is -2.42. The van der Waals surface area contributed by atoms with Crippen LogP contribution in [0.15, 0.2) is 96.1 Å². The fourth-order valence-corrected chi connectivity index (χ4v) is 11.8. The second-order valence-electron chi connectivity index (χ2n) is 12.0. The van der Waals surface area contributed by atoms with Crippen molar-refractivity contribution in [2.75, 3.05) is 0 Å². The van der Waals surface area contributed by atoms with Crippen LogP contribution in [0.4, 0.5) is 0 Å². The fourth-order valence-electron chi connectivity index (χ4n) is 7.68. The predicted molar refractivity (Wildman–Crippen MR) is 162 cm³/mol. The summed E-state index contributed by atoms with van der Waals surface area (Å²) in [5.41, 5.74) is 16.4. The molecule has 7 rings (SSSR count). The van der Waals surface area contributed by atoms with Crippen LogP contribution in [0, 0.1) is 5.92 Å². The van der Waals surface area contributed by atoms with Crippen molar-refractivity contribution in [3.05, 3.63) is 124 Å². The lowest BCUT2D eigenvalue weighted by atomic mass is 9.80. The average molecular weight is 495 g/mol. The zero-order valence-electron chi connectivity index (χ0n) is 22.5. The first-order valence-corrected chi connectivity index (χ1v) is 16.7. The molecule has 0 saturated carbocycles. The van der Waals surface area contributed by atoms with Crippen LogP contribution in [0.2, 0.25) is 13.1 Å². The molecule has 1 atom stereocenters. The van der Waals surface area contributed by atoms with E-state index in [1.165, 1.54) is 27.8 Å². The number of fused-ring (bicyclic) bond motifs is 2. The Hall–Kier alpha value is -3.42. The van der Waals surface area contributed by atoms with Gasteiger partial charge in [0, 0.05) is 5.92 Å². The van der Waals surface area contributed by atoms with E-state index in [9.17, 15) is 0 Å². The largest absolute Gasteiger partial charge is 0.114 e. The molecule has 4 aromatic rings. The molecule has 0 saturated heterocycles. The molecule has 0 radical (unpaired) electrons. The van der Waals surface area contributed by atoms with Gasteiger partial charge in [-0.1, -0.05) is 129 Å². The number of allylic oxidation sites excluding steroid dienone is 2. The van der Waals surface area contributed by atoms with E-state index >= 15 is 0 Å². The highest BCUT2D eigenvalue weighted by Gasteiger charge is 2.48. The third-order valence-corrected chi connectivity index (χ3v) is 12.8. The minimum atomic E-state index is -1.85. The van der Waals surface area contributed by atoms with Crippen LogP contribution in [-0.4, -0.2) is 8.07 Å². The Balaban J connectivity index is 1.53. The molecule has 1 aliphatic heterocycles. The highest BCUT2D eigenvalue weighted by atomic mass is 28.3. The highest BCUT2D eigenvalue weighted by molar-refractivity contribution is 7.07. The second-order valence-corrected chi connectivity index (χ2v) is 16.2. The molecule has 3 aliphatic rings. The Morgan fingerprint density at radius 3 is 2.11 bits per heavy atom. The first kappa shape index (κ1) is 22.7. The molecule has 0 spiro atoms. The van der Waals surface area contributed by atoms with Crippen LogP contribution >= 0.6 is 0 Å². The van der Waals surface area contributed by atoms with Crippen LogP contribution in [0.5, 0.6) is 0 Å². The molecule has 0 aromatic heterocycles. The van der Waals surface area contributed by atoms with Crippen molar-refractivity contribution >= 4 is 24.5 Å². The Bertz CT molecular complexity index is 1630. The topological polar surface area (TPSA) is 0 Å². The third-order valence-electron chi connectivity index (χ3n) is 9.04. The highest BCUT2D eigenvalue weighted by Crippen LogP contribution is 2.54. The minimum absolute atomic E-state index is 0.327. The Labute approximate surface area is 222 Å². The Morgan fingerprint density at radius 2 is 1.43 bits per heavy atom. The monoisotopic (exact) mass is 494 g/mol. The summed E-state index contributed by atoms with van der Waals surface area (Å²) in [6.45, 7) is 12.4. The Morgan fingerprint density at radius 1 is 0.757 bits per heavy atom. The summed E-state index contributed by atoms with van der Waals surface area (Å²) in [6, 6.07) is 31.8. The summed E-state index contributed by atoms with van der Waals surface area (Å²) in [7, 11) is -1.85. The van der Waals surface area contributed by atoms with Crippen LogP contribution in [0.25, 0.3) is 33.5 Å². The zero-order chi connectivity index (χ0) is 25.5. The quantitative estimate of drug-likeness (QED) is 0.248. The van der Waals surface area contributed by atoms with Gasteiger partial charge in [0.1, 0.15) is 8.07 Å². The van der Waals surface area contributed by atoms with Crippen LogP contribution in [-0.2, 0) is 6.42 Å². The lowest BCUT2D eigenvalue weighted by Gasteiger charge is -2.29. The molecule has 37 heavy (non-hydrogen) atoms. The summed E-state index contributed by atoms with van der Waals surface area (Å²) >= 11 is 0. The molecular formula is C36H34Si. The first-order chi connectivity index (χ1) is 17.9. The van der Waals surface area contributed by atoms with Crippen molar-refractivity contribution in [3.8, 4) is 22.3 Å². The van der Waals surface area contributed by atoms with Crippen molar-refractivity contribution in [3.63, 3.8) is 0 Å². The van der Waals surface area contributed by atoms with Crippen molar-refractivity contribution in [1.29, 1.82) is 0 Å². The zero-order valence-corrected chi connectivity index (χ0v) is 23.5. The van der Waals surface area contributed by atoms with Crippen molar-refractivity contribution in [2.24, 2.45) is 5.92 Å². The van der Waals surface area contributed by atoms with Gasteiger partial charge in [0.2, 0.25) is 0 Å². The van der Waals surface area contributed by atoms with Gasteiger partial charge in [-0.2, -0.15) is 0 Å². The van der Waals surface area contributed by atoms with Gasteiger partial charge in [-0.15, -0.1) is 0 Å². The third kappa shape index (κ3) is 3.13. The van der Waals surface area contributed by atoms with Gasteiger partial charge in [0.25, 0.3) is 0 Å². The van der Waals surface area contributed by atoms with E-state index < -0.39 is 8.07 Å². The van der Waals surface area contributed by atoms with Gasteiger partial charge in [-0.3, -0.25) is 0 Å². The number of rotatable bonds is 4. The molecular weight excluding hydrogens is 460 g/mol. The molecule has 0 amide bonds. The lowest BCUT2D eigenvalue weighted by molar-refractivity contribution is 0.717. The number of hydrogen-bond donors (Lipinski definition) is 0. The minimum Gasteiger partial charge on any atom is -0.0686 e. The van der Waals surface area contributed by atoms with Gasteiger partial charge in [-0.05, 0) is 79.7 Å². The molecule has 1 heteroatoms. The normalized spacial score (nSPS) is 18.5. The molecule has 0 N–H and O–H groups in total. The molecule has 1 unspecified atom stereocenters. The smallest absolute Gasteiger partial charge is 0.0686 e. The number of hydrogen-bond acceptors (Lipinski definition) is 0. The second kappa shape index (κ2) is 8.04. The van der Waals surface area contributed by atoms with E-state index in [1.54, 1.807) is 43.8 Å². The summed E-state index contributed by atoms with van der Waals surface area (Å²) in [5, 5.41) is 3.40. The van der Waals surface area contributed by atoms with Gasteiger partial charge < -0.3 is 0 Å². The fraction of sp³-hybridized carbons (Fsp3) is 0.222. The molecule has 2 aliphatic carbocycles. The maximum absolute atomic E-state index is 2.63. The molecule has 0 nitrogen and oxygen atoms in total. The molecule has 1 heterocycles. The van der Waals surface area contributed by atoms with Crippen LogP contribution in [0.3, 0.4) is 0 Å². The van der Waals surface area contributed by atoms with Crippen molar-refractivity contribution < 1.29 is 0 Å². The van der Waals surface area contributed by atoms with E-state index in [1.807, 2.05) is 0 Å². The standard InChI is InChI=1S/C36H34Si/c1-22(2)29-21-30-27(24-13-8-6-9-14-24)17-12-18-28(30)34(29)31-20-26-19-23(3)35-33(26)32(36(31)37(35,4)5)25-15-10-7-11-16-25/h6-18,20-22,34H,19H2,1-5H3. The first-order valence-electron chi connectivity index (χ1n) is 13.7. The Kier molecular flexibility index (Phi) is 4.94. The summed E-state index contributed by atoms with van der Waals surface area (Å²) in [6.07, 6.45) is 3.64. The van der Waals surface area contributed by atoms with Gasteiger partial charge in [0.15, 0.2) is 0 Å². The summed E-state index contributed by atoms with van der Waals surface area (Å²) in [5.74, 6) is 0.816.